The van der Waals surface area contributed by atoms with Crippen LogP contribution in [-0.2, 0) is 11.8 Å². The number of nitrogens with one attached hydrogen (secondary N) is 1. The van der Waals surface area contributed by atoms with Crippen molar-refractivity contribution in [1.29, 1.82) is 5.41 Å². The molecule has 0 spiro atoms. The maximum atomic E-state index is 8.86. The van der Waals surface area contributed by atoms with Crippen LogP contribution in [0, 0.1) is 12.3 Å². The molecule has 3 N–H and O–H groups in total. The fourth-order valence-electron chi connectivity index (χ4n) is 4.01. The molecule has 1 aromatic carbocycles. The van der Waals surface area contributed by atoms with Crippen LogP contribution in [-0.4, -0.2) is 45.8 Å². The zero-order valence-corrected chi connectivity index (χ0v) is 17.9. The van der Waals surface area contributed by atoms with E-state index in [0.717, 1.165) is 41.3 Å². The summed E-state index contributed by atoms with van der Waals surface area (Å²) in [5, 5.41) is 13.5. The van der Waals surface area contributed by atoms with Crippen LogP contribution in [0.2, 0.25) is 0 Å². The lowest BCUT2D eigenvalue weighted by atomic mass is 9.98. The Morgan fingerprint density at radius 3 is 2.57 bits per heavy atom. The minimum absolute atomic E-state index is 0. The molecular weight excluding hydrogens is 376 g/mol. The molecule has 1 aliphatic rings. The molecule has 0 aliphatic carbocycles. The number of aryl methyl sites for hydroxylation is 2. The number of aromatic nitrogens is 3. The molecule has 1 fully saturated rings. The fraction of sp³-hybridized carbons (Fsp3) is 0.348. The number of pyridine rings is 1. The van der Waals surface area contributed by atoms with Crippen LogP contribution in [0.15, 0.2) is 42.7 Å². The Morgan fingerprint density at radius 2 is 1.87 bits per heavy atom. The average molecular weight is 407 g/mol. The summed E-state index contributed by atoms with van der Waals surface area (Å²) >= 11 is 0. The van der Waals surface area contributed by atoms with Gasteiger partial charge in [-0.2, -0.15) is 5.10 Å². The first-order chi connectivity index (χ1) is 14.3. The molecule has 0 bridgehead atoms. The van der Waals surface area contributed by atoms with E-state index in [0.29, 0.717) is 17.0 Å². The molecule has 30 heavy (non-hydrogen) atoms. The summed E-state index contributed by atoms with van der Waals surface area (Å²) in [6, 6.07) is 9.82. The largest absolute Gasteiger partial charge is 0.398 e. The predicted octanol–water partition coefficient (Wildman–Crippen LogP) is 3.65. The maximum absolute atomic E-state index is 8.86. The Bertz CT molecular complexity index is 1090. The zero-order valence-electron chi connectivity index (χ0n) is 17.9. The van der Waals surface area contributed by atoms with Crippen molar-refractivity contribution < 1.29 is 6.16 Å². The predicted molar refractivity (Wildman–Crippen MR) is 122 cm³/mol. The summed E-state index contributed by atoms with van der Waals surface area (Å²) in [5.41, 5.74) is 11.7. The summed E-state index contributed by atoms with van der Waals surface area (Å²) in [7, 11) is 1.87. The average Bonchev–Trinajstić information content (AvgIpc) is 3.09. The van der Waals surface area contributed by atoms with Gasteiger partial charge in [-0.25, -0.2) is 0 Å². The van der Waals surface area contributed by atoms with Gasteiger partial charge < -0.3 is 15.4 Å². The molecule has 4 rings (SSSR count). The van der Waals surface area contributed by atoms with E-state index in [-0.39, 0.29) is 13.6 Å². The smallest absolute Gasteiger partial charge is 0.151 e. The molecular formula is C23H30N6O. The third kappa shape index (κ3) is 3.93. The number of benzene rings is 1. The number of nitrogens with two attached hydrogens (primary N) is 1. The lowest BCUT2D eigenvalue weighted by Gasteiger charge is -2.35. The van der Waals surface area contributed by atoms with Crippen molar-refractivity contribution in [2.75, 3.05) is 23.7 Å². The first kappa shape index (κ1) is 20.1. The van der Waals surface area contributed by atoms with Crippen molar-refractivity contribution in [2.24, 2.45) is 7.05 Å². The van der Waals surface area contributed by atoms with Crippen LogP contribution in [0.25, 0.3) is 11.1 Å². The molecule has 2 aromatic heterocycles. The first-order valence-electron chi connectivity index (χ1n) is 10.2. The minimum atomic E-state index is 0. The van der Waals surface area contributed by atoms with Crippen LogP contribution in [0.4, 0.5) is 11.5 Å². The van der Waals surface area contributed by atoms with Gasteiger partial charge in [0.2, 0.25) is 0 Å². The van der Waals surface area contributed by atoms with E-state index in [9.17, 15) is 0 Å². The van der Waals surface area contributed by atoms with E-state index in [1.165, 1.54) is 0 Å². The van der Waals surface area contributed by atoms with E-state index in [2.05, 4.69) is 34.9 Å². The van der Waals surface area contributed by atoms with Gasteiger partial charge in [0, 0.05) is 56.8 Å². The Morgan fingerprint density at radius 1 is 1.13 bits per heavy atom. The topological polar surface area (TPSA) is 93.1 Å². The quantitative estimate of drug-likeness (QED) is 0.510. The first-order valence-corrected chi connectivity index (χ1v) is 10.2. The van der Waals surface area contributed by atoms with Gasteiger partial charge in [-0.05, 0) is 50.1 Å². The number of ether oxygens (including phenoxy) is 1. The van der Waals surface area contributed by atoms with Crippen LogP contribution in [0.3, 0.4) is 0 Å². The van der Waals surface area contributed by atoms with Gasteiger partial charge in [0.15, 0.2) is 5.82 Å². The van der Waals surface area contributed by atoms with Crippen LogP contribution in [0.5, 0.6) is 0 Å². The molecule has 3 aromatic rings. The Hall–Kier alpha value is -3.19. The van der Waals surface area contributed by atoms with E-state index >= 15 is 0 Å². The lowest BCUT2D eigenvalue weighted by molar-refractivity contribution is -0.00548. The second-order valence-electron chi connectivity index (χ2n) is 8.10. The van der Waals surface area contributed by atoms with Crippen molar-refractivity contribution >= 4 is 17.2 Å². The van der Waals surface area contributed by atoms with E-state index < -0.39 is 0 Å². The number of hydrogen-bond donors (Lipinski definition) is 2. The normalized spacial score (nSPS) is 19.1. The van der Waals surface area contributed by atoms with Crippen LogP contribution >= 0.6 is 0 Å². The number of rotatable bonds is 4. The van der Waals surface area contributed by atoms with Crippen molar-refractivity contribution in [3.05, 3.63) is 59.5 Å². The van der Waals surface area contributed by atoms with Crippen molar-refractivity contribution in [3.63, 3.8) is 0 Å². The SMILES string of the molecule is Cc1cncc(-c2ccc(N)c(C(=N)c3cc(N4CC(C)O[C@H](C)C4)nn3C)c2)c1.[HH]. The number of morpholine rings is 1. The molecule has 3 heterocycles. The Kier molecular flexibility index (Phi) is 5.30. The van der Waals surface area contributed by atoms with Crippen molar-refractivity contribution in [2.45, 2.75) is 33.0 Å². The zero-order chi connectivity index (χ0) is 21.4. The number of nitrogen functional groups attached to an aromatic ring is 1. The summed E-state index contributed by atoms with van der Waals surface area (Å²) in [4.78, 5) is 6.50. The van der Waals surface area contributed by atoms with Gasteiger partial charge in [-0.1, -0.05) is 6.07 Å². The van der Waals surface area contributed by atoms with E-state index in [1.54, 1.807) is 4.68 Å². The summed E-state index contributed by atoms with van der Waals surface area (Å²) < 4.78 is 7.58. The molecule has 7 heteroatoms. The van der Waals surface area contributed by atoms with Crippen LogP contribution in [0.1, 0.15) is 32.1 Å². The highest BCUT2D eigenvalue weighted by Crippen LogP contribution is 2.27. The number of nitrogens with zero attached hydrogens (tertiary/aromatic N) is 4. The van der Waals surface area contributed by atoms with Crippen molar-refractivity contribution in [3.8, 4) is 11.1 Å². The third-order valence-corrected chi connectivity index (χ3v) is 5.40. The monoisotopic (exact) mass is 406 g/mol. The second kappa shape index (κ2) is 7.91. The lowest BCUT2D eigenvalue weighted by Crippen LogP contribution is -2.45. The maximum Gasteiger partial charge on any atom is 0.151 e. The third-order valence-electron chi connectivity index (χ3n) is 5.40. The van der Waals surface area contributed by atoms with Gasteiger partial charge in [-0.15, -0.1) is 0 Å². The molecule has 2 atom stereocenters. The van der Waals surface area contributed by atoms with Gasteiger partial charge in [0.25, 0.3) is 0 Å². The summed E-state index contributed by atoms with van der Waals surface area (Å²) in [5.74, 6) is 0.858. The van der Waals surface area contributed by atoms with Crippen molar-refractivity contribution in [1.82, 2.24) is 14.8 Å². The molecule has 1 saturated heterocycles. The van der Waals surface area contributed by atoms with E-state index in [4.69, 9.17) is 15.9 Å². The number of hydrogen-bond acceptors (Lipinski definition) is 6. The molecule has 158 valence electrons. The Labute approximate surface area is 178 Å². The summed E-state index contributed by atoms with van der Waals surface area (Å²) in [6.45, 7) is 7.72. The Balaban J connectivity index is 0.00000272. The second-order valence-corrected chi connectivity index (χ2v) is 8.10. The van der Waals surface area contributed by atoms with Gasteiger partial charge in [0.1, 0.15) is 0 Å². The molecule has 1 unspecified atom stereocenters. The fourth-order valence-corrected chi connectivity index (χ4v) is 4.01. The molecule has 0 amide bonds. The molecule has 7 nitrogen and oxygen atoms in total. The molecule has 0 saturated carbocycles. The minimum Gasteiger partial charge on any atom is -0.398 e. The molecule has 1 aliphatic heterocycles. The highest BCUT2D eigenvalue weighted by molar-refractivity contribution is 6.13. The number of anilines is 2. The van der Waals surface area contributed by atoms with Gasteiger partial charge in [-0.3, -0.25) is 15.1 Å². The van der Waals surface area contributed by atoms with Gasteiger partial charge in [0.05, 0.1) is 23.6 Å². The van der Waals surface area contributed by atoms with Crippen LogP contribution < -0.4 is 10.6 Å². The highest BCUT2D eigenvalue weighted by Gasteiger charge is 2.25. The van der Waals surface area contributed by atoms with E-state index in [1.807, 2.05) is 50.6 Å². The molecule has 0 radical (unpaired) electrons. The van der Waals surface area contributed by atoms with Gasteiger partial charge >= 0.3 is 0 Å². The highest BCUT2D eigenvalue weighted by atomic mass is 16.5. The summed E-state index contributed by atoms with van der Waals surface area (Å²) in [6.07, 6.45) is 3.95. The standard InChI is InChI=1S/C23H28N6O.H2/c1-14-7-18(11-26-10-14)17-5-6-20(24)19(8-17)23(25)21-9-22(27-28(21)4)29-12-15(2)30-16(3)13-29;/h5-11,15-16,25H,12-13,24H2,1-4H3;1H/t15-,16?;/m1./s1.